The number of fused-ring (bicyclic) bond motifs is 2. The Hall–Kier alpha value is -0.0800. The fourth-order valence-corrected chi connectivity index (χ4v) is 4.57. The van der Waals surface area contributed by atoms with E-state index in [0.29, 0.717) is 6.04 Å². The number of hydrogen-bond donors (Lipinski definition) is 1. The van der Waals surface area contributed by atoms with Crippen LogP contribution in [0.4, 0.5) is 0 Å². The molecular weight excluding hydrogens is 208 g/mol. The van der Waals surface area contributed by atoms with Crippen LogP contribution in [-0.4, -0.2) is 36.1 Å². The van der Waals surface area contributed by atoms with Gasteiger partial charge in [-0.25, -0.2) is 0 Å². The molecule has 5 unspecified atom stereocenters. The largest absolute Gasteiger partial charge is 0.311 e. The van der Waals surface area contributed by atoms with Gasteiger partial charge in [0.05, 0.1) is 0 Å². The molecule has 3 rings (SSSR count). The van der Waals surface area contributed by atoms with E-state index in [1.807, 2.05) is 0 Å². The molecule has 0 amide bonds. The first-order valence-electron chi connectivity index (χ1n) is 7.64. The van der Waals surface area contributed by atoms with Crippen molar-refractivity contribution < 1.29 is 0 Å². The minimum atomic E-state index is 0.684. The molecule has 1 N–H and O–H groups in total. The molecule has 0 aromatic rings. The Morgan fingerprint density at radius 1 is 1.18 bits per heavy atom. The maximum atomic E-state index is 3.67. The third-order valence-electron chi connectivity index (χ3n) is 5.48. The first kappa shape index (κ1) is 12.0. The average molecular weight is 236 g/mol. The fourth-order valence-electron chi connectivity index (χ4n) is 4.57. The number of rotatable bonds is 2. The first-order chi connectivity index (χ1) is 8.15. The lowest BCUT2D eigenvalue weighted by atomic mass is 9.89. The minimum absolute atomic E-state index is 0.684. The summed E-state index contributed by atoms with van der Waals surface area (Å²) in [7, 11) is 0. The highest BCUT2D eigenvalue weighted by Crippen LogP contribution is 2.47. The summed E-state index contributed by atoms with van der Waals surface area (Å²) in [5, 5.41) is 3.67. The van der Waals surface area contributed by atoms with Gasteiger partial charge in [-0.1, -0.05) is 20.3 Å². The van der Waals surface area contributed by atoms with Gasteiger partial charge in [0.2, 0.25) is 0 Å². The van der Waals surface area contributed by atoms with Crippen molar-refractivity contribution in [2.24, 2.45) is 17.8 Å². The van der Waals surface area contributed by atoms with Gasteiger partial charge in [-0.2, -0.15) is 0 Å². The predicted molar refractivity (Wildman–Crippen MR) is 72.0 cm³/mol. The van der Waals surface area contributed by atoms with Crippen molar-refractivity contribution >= 4 is 0 Å². The van der Waals surface area contributed by atoms with Crippen LogP contribution in [0.1, 0.15) is 46.5 Å². The molecule has 2 saturated carbocycles. The molecule has 0 radical (unpaired) electrons. The molecule has 2 aliphatic carbocycles. The number of nitrogens with zero attached hydrogens (tertiary/aromatic N) is 1. The molecule has 0 aromatic carbocycles. The van der Waals surface area contributed by atoms with E-state index in [4.69, 9.17) is 0 Å². The van der Waals surface area contributed by atoms with Crippen LogP contribution in [0.25, 0.3) is 0 Å². The van der Waals surface area contributed by atoms with Gasteiger partial charge in [0, 0.05) is 31.2 Å². The van der Waals surface area contributed by atoms with E-state index in [-0.39, 0.29) is 0 Å². The normalized spacial score (nSPS) is 46.9. The maximum absolute atomic E-state index is 3.67. The van der Waals surface area contributed by atoms with E-state index >= 15 is 0 Å². The zero-order valence-electron chi connectivity index (χ0n) is 11.7. The monoisotopic (exact) mass is 236 g/mol. The van der Waals surface area contributed by atoms with Crippen molar-refractivity contribution in [1.82, 2.24) is 10.2 Å². The van der Waals surface area contributed by atoms with Crippen molar-refractivity contribution in [2.45, 2.75) is 64.6 Å². The van der Waals surface area contributed by atoms with E-state index in [2.05, 4.69) is 31.0 Å². The Balaban J connectivity index is 1.73. The van der Waals surface area contributed by atoms with Crippen LogP contribution in [0.2, 0.25) is 0 Å². The topological polar surface area (TPSA) is 15.3 Å². The summed E-state index contributed by atoms with van der Waals surface area (Å²) in [6.45, 7) is 9.60. The highest BCUT2D eigenvalue weighted by Gasteiger charge is 2.45. The van der Waals surface area contributed by atoms with Crippen molar-refractivity contribution in [3.8, 4) is 0 Å². The third kappa shape index (κ3) is 2.15. The van der Waals surface area contributed by atoms with E-state index in [9.17, 15) is 0 Å². The Morgan fingerprint density at radius 2 is 2.00 bits per heavy atom. The zero-order valence-corrected chi connectivity index (χ0v) is 11.7. The minimum Gasteiger partial charge on any atom is -0.311 e. The molecule has 1 aliphatic heterocycles. The molecule has 17 heavy (non-hydrogen) atoms. The molecular formula is C15H28N2. The lowest BCUT2D eigenvalue weighted by Gasteiger charge is -2.47. The molecule has 0 spiro atoms. The van der Waals surface area contributed by atoms with Crippen molar-refractivity contribution in [3.63, 3.8) is 0 Å². The highest BCUT2D eigenvalue weighted by atomic mass is 15.3. The molecule has 5 atom stereocenters. The lowest BCUT2D eigenvalue weighted by molar-refractivity contribution is 0.0345. The smallest absolute Gasteiger partial charge is 0.0247 e. The second kappa shape index (κ2) is 4.55. The van der Waals surface area contributed by atoms with Crippen molar-refractivity contribution in [3.05, 3.63) is 0 Å². The van der Waals surface area contributed by atoms with Crippen LogP contribution in [0.15, 0.2) is 0 Å². The van der Waals surface area contributed by atoms with Crippen LogP contribution >= 0.6 is 0 Å². The molecule has 2 heteroatoms. The van der Waals surface area contributed by atoms with Crippen molar-refractivity contribution in [1.29, 1.82) is 0 Å². The lowest BCUT2D eigenvalue weighted by Crippen LogP contribution is -2.61. The van der Waals surface area contributed by atoms with E-state index < -0.39 is 0 Å². The third-order valence-corrected chi connectivity index (χ3v) is 5.48. The van der Waals surface area contributed by atoms with Crippen LogP contribution in [-0.2, 0) is 0 Å². The Bertz CT molecular complexity index is 276. The maximum Gasteiger partial charge on any atom is 0.0247 e. The van der Waals surface area contributed by atoms with Gasteiger partial charge in [0.25, 0.3) is 0 Å². The van der Waals surface area contributed by atoms with Crippen molar-refractivity contribution in [2.75, 3.05) is 13.1 Å². The van der Waals surface area contributed by atoms with Gasteiger partial charge < -0.3 is 5.32 Å². The summed E-state index contributed by atoms with van der Waals surface area (Å²) >= 11 is 0. The molecule has 0 aromatic heterocycles. The number of piperazine rings is 1. The van der Waals surface area contributed by atoms with Crippen LogP contribution in [0.3, 0.4) is 0 Å². The van der Waals surface area contributed by atoms with Gasteiger partial charge >= 0.3 is 0 Å². The van der Waals surface area contributed by atoms with Crippen LogP contribution in [0, 0.1) is 17.8 Å². The molecule has 98 valence electrons. The zero-order chi connectivity index (χ0) is 12.0. The van der Waals surface area contributed by atoms with Gasteiger partial charge in [-0.15, -0.1) is 0 Å². The molecule has 2 bridgehead atoms. The summed E-state index contributed by atoms with van der Waals surface area (Å²) in [4.78, 5) is 2.88. The van der Waals surface area contributed by atoms with Gasteiger partial charge in [-0.05, 0) is 43.9 Å². The Kier molecular flexibility index (Phi) is 3.20. The molecule has 1 heterocycles. The first-order valence-corrected chi connectivity index (χ1v) is 7.64. The molecule has 3 aliphatic rings. The van der Waals surface area contributed by atoms with E-state index in [1.165, 1.54) is 38.8 Å². The Labute approximate surface area is 106 Å². The average Bonchev–Trinajstić information content (AvgIpc) is 2.90. The molecule has 1 saturated heterocycles. The Morgan fingerprint density at radius 3 is 2.59 bits per heavy atom. The SMILES string of the molecule is CC1CN(C2CC3CCC2C3)C(C(C)C)CN1. The number of hydrogen-bond acceptors (Lipinski definition) is 2. The van der Waals surface area contributed by atoms with Crippen LogP contribution < -0.4 is 5.32 Å². The highest BCUT2D eigenvalue weighted by molar-refractivity contribution is 5.00. The fraction of sp³-hybridized carbons (Fsp3) is 1.00. The summed E-state index contributed by atoms with van der Waals surface area (Å²) in [5.41, 5.74) is 0. The van der Waals surface area contributed by atoms with E-state index in [0.717, 1.165) is 29.8 Å². The second-order valence-electron chi connectivity index (χ2n) is 7.06. The second-order valence-corrected chi connectivity index (χ2v) is 7.06. The summed E-state index contributed by atoms with van der Waals surface area (Å²) in [6.07, 6.45) is 6.07. The van der Waals surface area contributed by atoms with Gasteiger partial charge in [0.15, 0.2) is 0 Å². The number of nitrogens with one attached hydrogen (secondary N) is 1. The van der Waals surface area contributed by atoms with Gasteiger partial charge in [0.1, 0.15) is 0 Å². The molecule has 3 fully saturated rings. The standard InChI is InChI=1S/C15H28N2/c1-10(2)15-8-16-11(3)9-17(15)14-7-12-4-5-13(14)6-12/h10-16H,4-9H2,1-3H3. The molecule has 2 nitrogen and oxygen atoms in total. The predicted octanol–water partition coefficient (Wildman–Crippen LogP) is 2.49. The van der Waals surface area contributed by atoms with Crippen LogP contribution in [0.5, 0.6) is 0 Å². The summed E-state index contributed by atoms with van der Waals surface area (Å²) in [5.74, 6) is 2.89. The van der Waals surface area contributed by atoms with Gasteiger partial charge in [-0.3, -0.25) is 4.90 Å². The quantitative estimate of drug-likeness (QED) is 0.792. The summed E-state index contributed by atoms with van der Waals surface area (Å²) in [6, 6.07) is 2.38. The van der Waals surface area contributed by atoms with E-state index in [1.54, 1.807) is 0 Å². The summed E-state index contributed by atoms with van der Waals surface area (Å²) < 4.78 is 0.